The molecule has 1 aromatic heterocycles. The second kappa shape index (κ2) is 9.87. The molecule has 6 rings (SSSR count). The van der Waals surface area contributed by atoms with Gasteiger partial charge in [-0.25, -0.2) is 0 Å². The van der Waals surface area contributed by atoms with Crippen molar-refractivity contribution in [3.8, 4) is 11.1 Å². The van der Waals surface area contributed by atoms with Crippen LogP contribution in [-0.4, -0.2) is 4.57 Å². The van der Waals surface area contributed by atoms with E-state index in [-0.39, 0.29) is 0 Å². The third kappa shape index (κ3) is 4.26. The minimum atomic E-state index is 0.376. The molecular formula is C36H34N2. The summed E-state index contributed by atoms with van der Waals surface area (Å²) in [6, 6.07) is 44.5. The molecule has 0 N–H and O–H groups in total. The van der Waals surface area contributed by atoms with Gasteiger partial charge in [0.25, 0.3) is 0 Å². The first kappa shape index (κ1) is 24.1. The molecule has 0 radical (unpaired) electrons. The van der Waals surface area contributed by atoms with Gasteiger partial charge in [0.1, 0.15) is 0 Å². The third-order valence-corrected chi connectivity index (χ3v) is 7.50. The van der Waals surface area contributed by atoms with Gasteiger partial charge in [0.15, 0.2) is 0 Å². The van der Waals surface area contributed by atoms with Gasteiger partial charge >= 0.3 is 0 Å². The quantitative estimate of drug-likeness (QED) is 0.223. The molecule has 2 nitrogen and oxygen atoms in total. The highest BCUT2D eigenvalue weighted by atomic mass is 15.1. The van der Waals surface area contributed by atoms with E-state index in [2.05, 4.69) is 158 Å². The lowest BCUT2D eigenvalue weighted by Crippen LogP contribution is -2.10. The van der Waals surface area contributed by atoms with E-state index in [9.17, 15) is 0 Å². The molecule has 0 saturated carbocycles. The van der Waals surface area contributed by atoms with Gasteiger partial charge in [0.2, 0.25) is 0 Å². The summed E-state index contributed by atoms with van der Waals surface area (Å²) in [5, 5.41) is 2.63. The molecule has 0 saturated heterocycles. The predicted molar refractivity (Wildman–Crippen MR) is 164 cm³/mol. The van der Waals surface area contributed by atoms with Crippen LogP contribution in [0.2, 0.25) is 0 Å². The fourth-order valence-corrected chi connectivity index (χ4v) is 5.59. The Kier molecular flexibility index (Phi) is 6.25. The number of hydrogen-bond donors (Lipinski definition) is 0. The Balaban J connectivity index is 1.48. The normalized spacial score (nSPS) is 11.6. The molecule has 0 amide bonds. The van der Waals surface area contributed by atoms with Gasteiger partial charge in [-0.3, -0.25) is 0 Å². The molecule has 5 aromatic carbocycles. The van der Waals surface area contributed by atoms with Crippen LogP contribution in [0.3, 0.4) is 0 Å². The van der Waals surface area contributed by atoms with Crippen LogP contribution in [0.15, 0.2) is 121 Å². The molecule has 38 heavy (non-hydrogen) atoms. The maximum absolute atomic E-state index is 2.46. The van der Waals surface area contributed by atoms with Crippen LogP contribution >= 0.6 is 0 Å². The number of para-hydroxylation sites is 2. The average molecular weight is 495 g/mol. The zero-order valence-corrected chi connectivity index (χ0v) is 22.6. The van der Waals surface area contributed by atoms with Crippen LogP contribution < -0.4 is 4.90 Å². The predicted octanol–water partition coefficient (Wildman–Crippen LogP) is 10.6. The minimum Gasteiger partial charge on any atom is -0.338 e. The van der Waals surface area contributed by atoms with Crippen LogP contribution in [-0.2, 0) is 0 Å². The first-order valence-electron chi connectivity index (χ1n) is 13.6. The van der Waals surface area contributed by atoms with Crippen LogP contribution in [0.4, 0.5) is 17.1 Å². The van der Waals surface area contributed by atoms with Gasteiger partial charge in [-0.2, -0.15) is 0 Å². The Morgan fingerprint density at radius 1 is 0.500 bits per heavy atom. The third-order valence-electron chi connectivity index (χ3n) is 7.50. The van der Waals surface area contributed by atoms with Gasteiger partial charge in [0, 0.05) is 44.9 Å². The lowest BCUT2D eigenvalue weighted by molar-refractivity contribution is 0.642. The van der Waals surface area contributed by atoms with E-state index < -0.39 is 0 Å². The van der Waals surface area contributed by atoms with Gasteiger partial charge in [0.05, 0.1) is 0 Å². The van der Waals surface area contributed by atoms with Gasteiger partial charge in [-0.05, 0) is 85.0 Å². The van der Waals surface area contributed by atoms with Crippen molar-refractivity contribution in [2.45, 2.75) is 39.7 Å². The lowest BCUT2D eigenvalue weighted by Gasteiger charge is -2.26. The summed E-state index contributed by atoms with van der Waals surface area (Å²) in [6.45, 7) is 9.01. The van der Waals surface area contributed by atoms with Crippen LogP contribution in [0, 0.1) is 0 Å². The van der Waals surface area contributed by atoms with E-state index in [4.69, 9.17) is 0 Å². The molecule has 0 aliphatic heterocycles. The van der Waals surface area contributed by atoms with E-state index in [1.54, 1.807) is 0 Å². The summed E-state index contributed by atoms with van der Waals surface area (Å²) in [5.74, 6) is 0.508. The summed E-state index contributed by atoms with van der Waals surface area (Å²) in [6.07, 6.45) is 0. The summed E-state index contributed by atoms with van der Waals surface area (Å²) >= 11 is 0. The zero-order chi connectivity index (χ0) is 26.2. The highest BCUT2D eigenvalue weighted by molar-refractivity contribution is 6.09. The highest BCUT2D eigenvalue weighted by Gasteiger charge is 2.16. The van der Waals surface area contributed by atoms with Crippen molar-refractivity contribution in [2.24, 2.45) is 0 Å². The SMILES string of the molecule is CC(C)c1ccc(N(c2ccccc2)c2cccc(-c3ccc4c5ccccc5n(C(C)C)c4c3)c2)cc1. The molecule has 0 fully saturated rings. The topological polar surface area (TPSA) is 8.17 Å². The molecule has 1 heterocycles. The smallest absolute Gasteiger partial charge is 0.0500 e. The summed E-state index contributed by atoms with van der Waals surface area (Å²) < 4.78 is 2.46. The first-order valence-corrected chi connectivity index (χ1v) is 13.6. The molecule has 2 heteroatoms. The van der Waals surface area contributed by atoms with Crippen molar-refractivity contribution < 1.29 is 0 Å². The zero-order valence-electron chi connectivity index (χ0n) is 22.6. The molecular weight excluding hydrogens is 460 g/mol. The molecule has 0 aliphatic rings. The van der Waals surface area contributed by atoms with Crippen molar-refractivity contribution in [1.82, 2.24) is 4.57 Å². The number of benzene rings is 5. The van der Waals surface area contributed by atoms with Crippen molar-refractivity contribution in [3.05, 3.63) is 127 Å². The second-order valence-electron chi connectivity index (χ2n) is 10.7. The van der Waals surface area contributed by atoms with Crippen LogP contribution in [0.5, 0.6) is 0 Å². The van der Waals surface area contributed by atoms with E-state index in [1.165, 1.54) is 38.5 Å². The van der Waals surface area contributed by atoms with Crippen molar-refractivity contribution in [3.63, 3.8) is 0 Å². The van der Waals surface area contributed by atoms with E-state index in [0.717, 1.165) is 17.1 Å². The van der Waals surface area contributed by atoms with E-state index in [1.807, 2.05) is 0 Å². The van der Waals surface area contributed by atoms with Gasteiger partial charge < -0.3 is 9.47 Å². The Labute approximate surface area is 225 Å². The fourth-order valence-electron chi connectivity index (χ4n) is 5.59. The van der Waals surface area contributed by atoms with Gasteiger partial charge in [-0.1, -0.05) is 86.6 Å². The highest BCUT2D eigenvalue weighted by Crippen LogP contribution is 2.39. The van der Waals surface area contributed by atoms with Crippen molar-refractivity contribution in [1.29, 1.82) is 0 Å². The lowest BCUT2D eigenvalue weighted by atomic mass is 10.0. The van der Waals surface area contributed by atoms with Gasteiger partial charge in [-0.15, -0.1) is 0 Å². The largest absolute Gasteiger partial charge is 0.338 e. The molecule has 0 atom stereocenters. The molecule has 6 aromatic rings. The van der Waals surface area contributed by atoms with Crippen LogP contribution in [0.25, 0.3) is 32.9 Å². The Hall–Kier alpha value is -4.30. The Morgan fingerprint density at radius 2 is 1.13 bits per heavy atom. The number of aromatic nitrogens is 1. The molecule has 0 aliphatic carbocycles. The summed E-state index contributed by atoms with van der Waals surface area (Å²) in [5.41, 5.74) is 9.83. The standard InChI is InChI=1S/C36H34N2/c1-25(2)27-17-20-31(21-18-27)38(30-12-6-5-7-13-30)32-14-10-11-28(23-32)29-19-22-34-33-15-8-9-16-35(33)37(26(3)4)36(34)24-29/h5-26H,1-4H3. The summed E-state index contributed by atoms with van der Waals surface area (Å²) in [7, 11) is 0. The first-order chi connectivity index (χ1) is 18.5. The number of anilines is 3. The maximum atomic E-state index is 2.46. The number of hydrogen-bond acceptors (Lipinski definition) is 1. The Bertz CT molecular complexity index is 1710. The van der Waals surface area contributed by atoms with Crippen LogP contribution in [0.1, 0.15) is 45.2 Å². The molecule has 0 unspecified atom stereocenters. The minimum absolute atomic E-state index is 0.376. The second-order valence-corrected chi connectivity index (χ2v) is 10.7. The number of rotatable bonds is 6. The summed E-state index contributed by atoms with van der Waals surface area (Å²) in [4.78, 5) is 2.34. The van der Waals surface area contributed by atoms with E-state index in [0.29, 0.717) is 12.0 Å². The fraction of sp³-hybridized carbons (Fsp3) is 0.167. The number of fused-ring (bicyclic) bond motifs is 3. The average Bonchev–Trinajstić information content (AvgIpc) is 3.28. The monoisotopic (exact) mass is 494 g/mol. The molecule has 0 spiro atoms. The van der Waals surface area contributed by atoms with Crippen molar-refractivity contribution >= 4 is 38.9 Å². The van der Waals surface area contributed by atoms with E-state index >= 15 is 0 Å². The van der Waals surface area contributed by atoms with Crippen molar-refractivity contribution in [2.75, 3.05) is 4.90 Å². The Morgan fingerprint density at radius 3 is 1.87 bits per heavy atom. The molecule has 0 bridgehead atoms. The molecule has 188 valence electrons. The number of nitrogens with zero attached hydrogens (tertiary/aromatic N) is 2. The maximum Gasteiger partial charge on any atom is 0.0500 e.